The molecule has 4 rings (SSSR count). The summed E-state index contributed by atoms with van der Waals surface area (Å²) in [6.45, 7) is 7.61. The van der Waals surface area contributed by atoms with Gasteiger partial charge >= 0.3 is 0 Å². The number of benzene rings is 2. The molecule has 1 aromatic heterocycles. The summed E-state index contributed by atoms with van der Waals surface area (Å²) in [5.41, 5.74) is 3.46. The van der Waals surface area contributed by atoms with Gasteiger partial charge in [0.2, 0.25) is 5.91 Å². The maximum Gasteiger partial charge on any atom is 0.233 e. The van der Waals surface area contributed by atoms with Crippen LogP contribution < -0.4 is 9.64 Å². The van der Waals surface area contributed by atoms with Gasteiger partial charge in [-0.05, 0) is 54.3 Å². The number of carbonyl (C=O) groups excluding carboxylic acids is 1. The molecule has 0 saturated carbocycles. The Hall–Kier alpha value is -3.00. The summed E-state index contributed by atoms with van der Waals surface area (Å²) in [7, 11) is 1.67. The lowest BCUT2D eigenvalue weighted by Crippen LogP contribution is -2.36. The summed E-state index contributed by atoms with van der Waals surface area (Å²) in [5.74, 6) is 1.83. The third-order valence-electron chi connectivity index (χ3n) is 5.97. The zero-order valence-corrected chi connectivity index (χ0v) is 20.3. The molecule has 1 saturated heterocycles. The van der Waals surface area contributed by atoms with E-state index in [-0.39, 0.29) is 5.91 Å². The largest absolute Gasteiger partial charge is 0.497 e. The van der Waals surface area contributed by atoms with Crippen LogP contribution in [0.3, 0.4) is 0 Å². The Bertz CT molecular complexity index is 1050. The van der Waals surface area contributed by atoms with Crippen LogP contribution in [0.2, 0.25) is 0 Å². The summed E-state index contributed by atoms with van der Waals surface area (Å²) in [4.78, 5) is 17.3. The summed E-state index contributed by atoms with van der Waals surface area (Å²) in [6, 6.07) is 16.5. The van der Waals surface area contributed by atoms with E-state index >= 15 is 0 Å². The first-order valence-electron chi connectivity index (χ1n) is 11.3. The Kier molecular flexibility index (Phi) is 7.54. The van der Waals surface area contributed by atoms with Crippen LogP contribution in [0.5, 0.6) is 5.75 Å². The van der Waals surface area contributed by atoms with Gasteiger partial charge in [-0.1, -0.05) is 37.7 Å². The molecule has 8 heteroatoms. The second-order valence-electron chi connectivity index (χ2n) is 8.44. The van der Waals surface area contributed by atoms with Gasteiger partial charge in [0.25, 0.3) is 0 Å². The molecule has 0 radical (unpaired) electrons. The predicted molar refractivity (Wildman–Crippen MR) is 133 cm³/mol. The fraction of sp³-hybridized carbons (Fsp3) is 0.400. The number of amides is 1. The van der Waals surface area contributed by atoms with Gasteiger partial charge in [-0.15, -0.1) is 10.2 Å². The van der Waals surface area contributed by atoms with Crippen molar-refractivity contribution in [1.29, 1.82) is 0 Å². The summed E-state index contributed by atoms with van der Waals surface area (Å²) in [5, 5.41) is 9.04. The second kappa shape index (κ2) is 10.7. The van der Waals surface area contributed by atoms with Crippen LogP contribution in [0.15, 0.2) is 60.0 Å². The number of rotatable bonds is 7. The standard InChI is InChI=1S/C25H31N5O2S/c1-19(2)20-5-7-22(8-6-20)30-18-26-27-25(30)33-17-24(31)29-14-4-13-28(15-16-29)21-9-11-23(32-3)12-10-21/h5-12,18-19H,4,13-17H2,1-3H3. The van der Waals surface area contributed by atoms with E-state index in [4.69, 9.17) is 4.74 Å². The lowest BCUT2D eigenvalue weighted by molar-refractivity contribution is -0.128. The highest BCUT2D eigenvalue weighted by Crippen LogP contribution is 2.23. The lowest BCUT2D eigenvalue weighted by atomic mass is 10.0. The van der Waals surface area contributed by atoms with Crippen molar-refractivity contribution in [3.8, 4) is 11.4 Å². The molecule has 174 valence electrons. The quantitative estimate of drug-likeness (QED) is 0.487. The van der Waals surface area contributed by atoms with Gasteiger partial charge in [0.05, 0.1) is 12.9 Å². The molecule has 1 amide bonds. The summed E-state index contributed by atoms with van der Waals surface area (Å²) in [6.07, 6.45) is 2.65. The molecule has 2 aromatic carbocycles. The first-order valence-corrected chi connectivity index (χ1v) is 12.3. The van der Waals surface area contributed by atoms with Crippen molar-refractivity contribution in [2.75, 3.05) is 43.9 Å². The average Bonchev–Trinajstić information content (AvgIpc) is 3.18. The molecule has 0 spiro atoms. The number of ether oxygens (including phenoxy) is 1. The van der Waals surface area contributed by atoms with E-state index in [0.29, 0.717) is 11.7 Å². The smallest absolute Gasteiger partial charge is 0.233 e. The van der Waals surface area contributed by atoms with Crippen LogP contribution in [0.1, 0.15) is 31.7 Å². The number of carbonyl (C=O) groups is 1. The Labute approximate surface area is 199 Å². The van der Waals surface area contributed by atoms with Crippen molar-refractivity contribution in [1.82, 2.24) is 19.7 Å². The molecule has 3 aromatic rings. The third-order valence-corrected chi connectivity index (χ3v) is 6.89. The van der Waals surface area contributed by atoms with E-state index in [1.54, 1.807) is 13.4 Å². The molecule has 0 unspecified atom stereocenters. The summed E-state index contributed by atoms with van der Waals surface area (Å²) < 4.78 is 7.19. The van der Waals surface area contributed by atoms with Crippen molar-refractivity contribution in [3.63, 3.8) is 0 Å². The van der Waals surface area contributed by atoms with Gasteiger partial charge in [-0.25, -0.2) is 0 Å². The van der Waals surface area contributed by atoms with Crippen LogP contribution in [-0.4, -0.2) is 64.6 Å². The minimum atomic E-state index is 0.140. The van der Waals surface area contributed by atoms with Crippen LogP contribution in [0.4, 0.5) is 5.69 Å². The van der Waals surface area contributed by atoms with Crippen molar-refractivity contribution >= 4 is 23.4 Å². The van der Waals surface area contributed by atoms with Crippen molar-refractivity contribution < 1.29 is 9.53 Å². The minimum absolute atomic E-state index is 0.140. The highest BCUT2D eigenvalue weighted by Gasteiger charge is 2.20. The molecule has 1 aliphatic rings. The molecular weight excluding hydrogens is 434 g/mol. The van der Waals surface area contributed by atoms with Crippen LogP contribution in [0.25, 0.3) is 5.69 Å². The SMILES string of the molecule is COc1ccc(N2CCCN(C(=O)CSc3nncn3-c3ccc(C(C)C)cc3)CC2)cc1. The fourth-order valence-electron chi connectivity index (χ4n) is 3.96. The number of hydrogen-bond acceptors (Lipinski definition) is 6. The lowest BCUT2D eigenvalue weighted by Gasteiger charge is -2.24. The number of thioether (sulfide) groups is 1. The maximum atomic E-state index is 13.0. The monoisotopic (exact) mass is 465 g/mol. The molecular formula is C25H31N5O2S. The number of methoxy groups -OCH3 is 1. The molecule has 7 nitrogen and oxygen atoms in total. The second-order valence-corrected chi connectivity index (χ2v) is 9.38. The van der Waals surface area contributed by atoms with Crippen LogP contribution in [-0.2, 0) is 4.79 Å². The average molecular weight is 466 g/mol. The van der Waals surface area contributed by atoms with Gasteiger partial charge < -0.3 is 14.5 Å². The fourth-order valence-corrected chi connectivity index (χ4v) is 4.79. The molecule has 0 bridgehead atoms. The maximum absolute atomic E-state index is 13.0. The van der Waals surface area contributed by atoms with Gasteiger partial charge in [-0.3, -0.25) is 9.36 Å². The van der Waals surface area contributed by atoms with Crippen LogP contribution >= 0.6 is 11.8 Å². The van der Waals surface area contributed by atoms with Crippen molar-refractivity contribution in [2.45, 2.75) is 31.3 Å². The van der Waals surface area contributed by atoms with Gasteiger partial charge in [-0.2, -0.15) is 0 Å². The zero-order chi connectivity index (χ0) is 23.2. The number of aromatic nitrogens is 3. The third kappa shape index (κ3) is 5.68. The molecule has 1 aliphatic heterocycles. The van der Waals surface area contributed by atoms with Gasteiger partial charge in [0.1, 0.15) is 12.1 Å². The summed E-state index contributed by atoms with van der Waals surface area (Å²) >= 11 is 1.44. The molecule has 0 aliphatic carbocycles. The van der Waals surface area contributed by atoms with E-state index in [9.17, 15) is 4.79 Å². The van der Waals surface area contributed by atoms with E-state index < -0.39 is 0 Å². The Morgan fingerprint density at radius 2 is 1.73 bits per heavy atom. The van der Waals surface area contributed by atoms with Crippen LogP contribution in [0, 0.1) is 0 Å². The molecule has 1 fully saturated rings. The molecule has 33 heavy (non-hydrogen) atoms. The molecule has 0 atom stereocenters. The van der Waals surface area contributed by atoms with E-state index in [2.05, 4.69) is 65.3 Å². The Balaban J connectivity index is 1.33. The number of nitrogens with zero attached hydrogens (tertiary/aromatic N) is 5. The highest BCUT2D eigenvalue weighted by atomic mass is 32.2. The van der Waals surface area contributed by atoms with E-state index in [1.165, 1.54) is 17.3 Å². The predicted octanol–water partition coefficient (Wildman–Crippen LogP) is 4.23. The topological polar surface area (TPSA) is 63.5 Å². The molecule has 0 N–H and O–H groups in total. The van der Waals surface area contributed by atoms with E-state index in [1.807, 2.05) is 21.6 Å². The Morgan fingerprint density at radius 1 is 1.00 bits per heavy atom. The van der Waals surface area contributed by atoms with Crippen molar-refractivity contribution in [3.05, 3.63) is 60.4 Å². The first kappa shape index (κ1) is 23.2. The Morgan fingerprint density at radius 3 is 2.42 bits per heavy atom. The van der Waals surface area contributed by atoms with Gasteiger partial charge in [0, 0.05) is 37.6 Å². The van der Waals surface area contributed by atoms with Crippen molar-refractivity contribution in [2.24, 2.45) is 0 Å². The van der Waals surface area contributed by atoms with E-state index in [0.717, 1.165) is 54.9 Å². The first-order chi connectivity index (χ1) is 16.0. The zero-order valence-electron chi connectivity index (χ0n) is 19.5. The number of anilines is 1. The molecule has 2 heterocycles. The number of hydrogen-bond donors (Lipinski definition) is 0. The highest BCUT2D eigenvalue weighted by molar-refractivity contribution is 7.99. The van der Waals surface area contributed by atoms with Gasteiger partial charge in [0.15, 0.2) is 5.16 Å². The minimum Gasteiger partial charge on any atom is -0.497 e. The normalized spacial score (nSPS) is 14.4.